The molecule has 10 rings (SSSR count). The van der Waals surface area contributed by atoms with Crippen molar-refractivity contribution in [2.75, 3.05) is 18.4 Å². The van der Waals surface area contributed by atoms with Crippen LogP contribution in [0.1, 0.15) is 105 Å². The highest BCUT2D eigenvalue weighted by Gasteiger charge is 2.72. The number of fused-ring (bicyclic) bond motifs is 4. The van der Waals surface area contributed by atoms with Crippen LogP contribution in [0.2, 0.25) is 10.0 Å². The topological polar surface area (TPSA) is 164 Å². The molecule has 3 saturated heterocycles. The minimum Gasteiger partial charge on any atom is -0.352 e. The normalized spacial score (nSPS) is 29.3. The van der Waals surface area contributed by atoms with E-state index in [2.05, 4.69) is 21.3 Å². The third-order valence-corrected chi connectivity index (χ3v) is 15.7. The van der Waals surface area contributed by atoms with Gasteiger partial charge in [-0.1, -0.05) is 59.6 Å². The van der Waals surface area contributed by atoms with Crippen LogP contribution in [0.5, 0.6) is 0 Å². The minimum atomic E-state index is -1.40. The molecule has 5 heterocycles. The Morgan fingerprint density at radius 3 is 2.41 bits per heavy atom. The molecule has 4 aliphatic heterocycles. The summed E-state index contributed by atoms with van der Waals surface area (Å²) in [5, 5.41) is 12.6. The number of carbonyl (C=O) groups is 5. The highest BCUT2D eigenvalue weighted by Crippen LogP contribution is 2.62. The molecule has 64 heavy (non-hydrogen) atoms. The molecule has 334 valence electrons. The smallest absolute Gasteiger partial charge is 0.329 e. The van der Waals surface area contributed by atoms with E-state index in [0.29, 0.717) is 67.0 Å². The van der Waals surface area contributed by atoms with Crippen LogP contribution in [-0.2, 0) is 36.4 Å². The van der Waals surface area contributed by atoms with Gasteiger partial charge in [0.25, 0.3) is 0 Å². The van der Waals surface area contributed by atoms with Gasteiger partial charge in [-0.15, -0.1) is 0 Å². The molecule has 16 heteroatoms. The molecule has 13 nitrogen and oxygen atoms in total. The Morgan fingerprint density at radius 2 is 1.67 bits per heavy atom. The predicted molar refractivity (Wildman–Crippen MR) is 240 cm³/mol. The highest BCUT2D eigenvalue weighted by molar-refractivity contribution is 6.31. The number of rotatable bonds is 6. The Bertz CT molecular complexity index is 2720. The lowest BCUT2D eigenvalue weighted by molar-refractivity contribution is -0.138. The van der Waals surface area contributed by atoms with E-state index in [-0.39, 0.29) is 70.6 Å². The number of hydrogen-bond donors (Lipinski definition) is 4. The summed E-state index contributed by atoms with van der Waals surface area (Å²) in [6, 6.07) is 13.9. The molecule has 3 aromatic carbocycles. The number of likely N-dealkylation sites (tertiary alicyclic amines) is 1. The summed E-state index contributed by atoms with van der Waals surface area (Å²) in [5.74, 6) is -2.98. The molecule has 2 aliphatic carbocycles. The highest BCUT2D eigenvalue weighted by atomic mass is 35.5. The zero-order chi connectivity index (χ0) is 44.7. The van der Waals surface area contributed by atoms with E-state index in [1.807, 2.05) is 41.3 Å². The van der Waals surface area contributed by atoms with Gasteiger partial charge in [0.1, 0.15) is 17.3 Å². The van der Waals surface area contributed by atoms with E-state index in [4.69, 9.17) is 23.2 Å². The molecule has 0 radical (unpaired) electrons. The molecule has 4 aromatic rings. The number of aryl methyl sites for hydroxylation is 1. The first-order chi connectivity index (χ1) is 30.8. The number of imidazole rings is 1. The second-order valence-electron chi connectivity index (χ2n) is 18.5. The van der Waals surface area contributed by atoms with Crippen LogP contribution < -0.4 is 27.0 Å². The number of anilines is 1. The first-order valence-electron chi connectivity index (χ1n) is 22.5. The SMILES string of the molecule is Cn1c(=O)n(C2CCC(=O)NC2=O)c2ccc(C3CCN(C(=O)C4CCC(NC(=O)[C@@H]5NC6(C=CCCC6)C6(C(=O)Nc7cc(Cl)ccc76)C5c5cccc(Cl)c5F)CC4)CC3)cc21. The number of halogens is 3. The van der Waals surface area contributed by atoms with Crippen molar-refractivity contribution in [2.45, 2.75) is 112 Å². The van der Waals surface area contributed by atoms with Crippen LogP contribution >= 0.6 is 23.2 Å². The number of piperidine rings is 2. The van der Waals surface area contributed by atoms with Gasteiger partial charge in [-0.05, 0) is 117 Å². The van der Waals surface area contributed by atoms with Crippen LogP contribution in [0.3, 0.4) is 0 Å². The lowest BCUT2D eigenvalue weighted by Crippen LogP contribution is -2.59. The first-order valence-corrected chi connectivity index (χ1v) is 23.2. The molecule has 2 spiro atoms. The second-order valence-corrected chi connectivity index (χ2v) is 19.4. The summed E-state index contributed by atoms with van der Waals surface area (Å²) in [6.45, 7) is 1.20. The number of amides is 5. The fourth-order valence-electron chi connectivity index (χ4n) is 12.1. The molecular formula is C48H50Cl2FN7O6. The van der Waals surface area contributed by atoms with Crippen LogP contribution in [0.15, 0.2) is 71.5 Å². The largest absolute Gasteiger partial charge is 0.352 e. The van der Waals surface area contributed by atoms with Gasteiger partial charge < -0.3 is 15.5 Å². The number of nitrogens with one attached hydrogen (secondary N) is 4. The van der Waals surface area contributed by atoms with Gasteiger partial charge >= 0.3 is 5.69 Å². The van der Waals surface area contributed by atoms with Crippen LogP contribution in [-0.4, -0.2) is 74.3 Å². The van der Waals surface area contributed by atoms with Crippen LogP contribution in [0.4, 0.5) is 10.1 Å². The molecule has 1 aromatic heterocycles. The van der Waals surface area contributed by atoms with Gasteiger partial charge in [0.2, 0.25) is 29.5 Å². The van der Waals surface area contributed by atoms with E-state index >= 15 is 4.39 Å². The van der Waals surface area contributed by atoms with Crippen molar-refractivity contribution in [1.82, 2.24) is 30.0 Å². The van der Waals surface area contributed by atoms with Crippen molar-refractivity contribution in [3.63, 3.8) is 0 Å². The number of benzene rings is 3. The van der Waals surface area contributed by atoms with Gasteiger partial charge in [-0.25, -0.2) is 9.18 Å². The molecule has 5 atom stereocenters. The molecule has 0 bridgehead atoms. The number of nitrogens with zero attached hydrogens (tertiary/aromatic N) is 3. The van der Waals surface area contributed by atoms with Crippen molar-refractivity contribution in [2.24, 2.45) is 13.0 Å². The average molecular weight is 911 g/mol. The van der Waals surface area contributed by atoms with E-state index in [9.17, 15) is 28.8 Å². The maximum absolute atomic E-state index is 16.3. The lowest BCUT2D eigenvalue weighted by atomic mass is 9.57. The fraction of sp³-hybridized carbons (Fsp3) is 0.458. The number of carbonyl (C=O) groups excluding carboxylic acids is 5. The molecule has 4 unspecified atom stereocenters. The maximum Gasteiger partial charge on any atom is 0.329 e. The van der Waals surface area contributed by atoms with E-state index in [1.165, 1.54) is 10.6 Å². The summed E-state index contributed by atoms with van der Waals surface area (Å²) in [6.07, 6.45) is 10.5. The van der Waals surface area contributed by atoms with Gasteiger partial charge in [0, 0.05) is 55.1 Å². The quantitative estimate of drug-likeness (QED) is 0.131. The van der Waals surface area contributed by atoms with Crippen molar-refractivity contribution >= 4 is 69.5 Å². The molecule has 1 saturated carbocycles. The van der Waals surface area contributed by atoms with E-state index < -0.39 is 40.7 Å². The monoisotopic (exact) mass is 909 g/mol. The number of imide groups is 1. The molecule has 4 fully saturated rings. The molecule has 5 amide bonds. The zero-order valence-electron chi connectivity index (χ0n) is 35.4. The minimum absolute atomic E-state index is 0.0947. The zero-order valence-corrected chi connectivity index (χ0v) is 36.9. The number of hydrogen-bond acceptors (Lipinski definition) is 7. The maximum atomic E-state index is 16.3. The van der Waals surface area contributed by atoms with Gasteiger partial charge in [-0.3, -0.25) is 43.7 Å². The Balaban J connectivity index is 0.817. The summed E-state index contributed by atoms with van der Waals surface area (Å²) in [7, 11) is 1.69. The van der Waals surface area contributed by atoms with Crippen molar-refractivity contribution in [1.29, 1.82) is 0 Å². The molecule has 4 N–H and O–H groups in total. The Hall–Kier alpha value is -5.31. The molecule has 6 aliphatic rings. The number of aromatic nitrogens is 2. The van der Waals surface area contributed by atoms with Crippen LogP contribution in [0.25, 0.3) is 11.0 Å². The van der Waals surface area contributed by atoms with Crippen LogP contribution in [0, 0.1) is 11.7 Å². The predicted octanol–water partition coefficient (Wildman–Crippen LogP) is 6.27. The Morgan fingerprint density at radius 1 is 0.891 bits per heavy atom. The summed E-state index contributed by atoms with van der Waals surface area (Å²) >= 11 is 12.8. The average Bonchev–Trinajstić information content (AvgIpc) is 3.84. The third-order valence-electron chi connectivity index (χ3n) is 15.2. The van der Waals surface area contributed by atoms with E-state index in [0.717, 1.165) is 36.8 Å². The number of allylic oxidation sites excluding steroid dienone is 1. The first kappa shape index (κ1) is 42.6. The lowest BCUT2D eigenvalue weighted by Gasteiger charge is -2.44. The fourth-order valence-corrected chi connectivity index (χ4v) is 12.5. The molecular weight excluding hydrogens is 860 g/mol. The van der Waals surface area contributed by atoms with E-state index in [1.54, 1.807) is 35.9 Å². The Labute approximate surface area is 379 Å². The van der Waals surface area contributed by atoms with Crippen molar-refractivity contribution in [3.05, 3.63) is 110 Å². The van der Waals surface area contributed by atoms with Gasteiger partial charge in [0.05, 0.1) is 27.6 Å². The Kier molecular flexibility index (Phi) is 10.8. The summed E-state index contributed by atoms with van der Waals surface area (Å²) < 4.78 is 19.4. The van der Waals surface area contributed by atoms with Gasteiger partial charge in [-0.2, -0.15) is 0 Å². The van der Waals surface area contributed by atoms with Crippen molar-refractivity contribution < 1.29 is 28.4 Å². The van der Waals surface area contributed by atoms with Gasteiger partial charge in [0.15, 0.2) is 0 Å². The van der Waals surface area contributed by atoms with Crippen molar-refractivity contribution in [3.8, 4) is 0 Å². The summed E-state index contributed by atoms with van der Waals surface area (Å²) in [4.78, 5) is 83.0. The summed E-state index contributed by atoms with van der Waals surface area (Å²) in [5.41, 5.74) is 1.08. The standard InChI is InChI=1S/C48H50Cl2FN7O6/c1-56-37-24-28(10-15-35(37)58(46(56)64)36-16-17-38(59)54-42(36)60)26-18-22-57(23-19-26)44(62)27-8-12-30(13-9-27)52-43(61)41-39(31-6-5-7-33(50)40(31)51)48(47(55-41)20-3-2-4-21-47)32-14-11-29(49)25-34(32)53-45(48)63/h3,5-7,10-11,14-15,20,24-27,30,36,39,41,55H,2,4,8-9,12-13,16-19,21-23H2,1H3,(H,52,61)(H,53,63)(H,54,59,60)/t27?,30?,36?,39?,41-,47?,48?/m1/s1. The third kappa shape index (κ3) is 6.73. The second kappa shape index (κ2) is 16.3.